The number of nitrogens with one attached hydrogen (secondary N) is 2. The largest absolute Gasteiger partial charge is 0.353 e. The number of carbonyl (C=O) groups excluding carboxylic acids is 3. The van der Waals surface area contributed by atoms with E-state index < -0.39 is 6.04 Å². The molecule has 0 spiro atoms. The molecule has 9 heteroatoms. The molecule has 1 aromatic rings. The Balaban J connectivity index is 1.59. The van der Waals surface area contributed by atoms with Gasteiger partial charge in [0.25, 0.3) is 0 Å². The third kappa shape index (κ3) is 5.68. The molecular weight excluding hydrogens is 394 g/mol. The summed E-state index contributed by atoms with van der Waals surface area (Å²) in [6.45, 7) is 7.76. The highest BCUT2D eigenvalue weighted by atomic mass is 35.5. The van der Waals surface area contributed by atoms with Crippen molar-refractivity contribution in [2.75, 3.05) is 57.7 Å². The van der Waals surface area contributed by atoms with Crippen molar-refractivity contribution in [1.29, 1.82) is 0 Å². The maximum atomic E-state index is 12.9. The summed E-state index contributed by atoms with van der Waals surface area (Å²) in [5, 5.41) is 5.91. The number of halogens is 1. The van der Waals surface area contributed by atoms with Crippen LogP contribution in [-0.2, 0) is 14.4 Å². The number of rotatable bonds is 6. The standard InChI is InChI=1S/C20H28ClN5O3/c1-2-24-9-11-25(12-10-24)14-19(28)26-8-7-22-20(29)17(26)13-18(27)23-16-6-4-3-5-15(16)21/h3-6,17H,2,7-14H2,1H3,(H,22,29)(H,23,27). The van der Waals surface area contributed by atoms with Crippen LogP contribution < -0.4 is 10.6 Å². The molecule has 8 nitrogen and oxygen atoms in total. The van der Waals surface area contributed by atoms with Crippen molar-refractivity contribution in [2.45, 2.75) is 19.4 Å². The van der Waals surface area contributed by atoms with Crippen molar-refractivity contribution in [3.05, 3.63) is 29.3 Å². The molecule has 1 atom stereocenters. The van der Waals surface area contributed by atoms with E-state index in [4.69, 9.17) is 11.6 Å². The fraction of sp³-hybridized carbons (Fsp3) is 0.550. The van der Waals surface area contributed by atoms with Gasteiger partial charge in [-0.15, -0.1) is 0 Å². The minimum Gasteiger partial charge on any atom is -0.353 e. The van der Waals surface area contributed by atoms with Crippen LogP contribution in [0.5, 0.6) is 0 Å². The summed E-state index contributed by atoms with van der Waals surface area (Å²) in [7, 11) is 0. The number of likely N-dealkylation sites (N-methyl/N-ethyl adjacent to an activating group) is 1. The van der Waals surface area contributed by atoms with Gasteiger partial charge in [-0.25, -0.2) is 0 Å². The van der Waals surface area contributed by atoms with Crippen LogP contribution in [0.2, 0.25) is 5.02 Å². The lowest BCUT2D eigenvalue weighted by Crippen LogP contribution is -2.60. The second kappa shape index (κ2) is 10.0. The quantitative estimate of drug-likeness (QED) is 0.704. The van der Waals surface area contributed by atoms with Crippen molar-refractivity contribution in [3.63, 3.8) is 0 Å². The second-order valence-corrected chi connectivity index (χ2v) is 7.74. The highest BCUT2D eigenvalue weighted by Crippen LogP contribution is 2.21. The Bertz CT molecular complexity index is 751. The Morgan fingerprint density at radius 3 is 2.52 bits per heavy atom. The zero-order chi connectivity index (χ0) is 20.8. The Labute approximate surface area is 176 Å². The topological polar surface area (TPSA) is 85.0 Å². The molecule has 2 aliphatic heterocycles. The Hall–Kier alpha value is -2.16. The van der Waals surface area contributed by atoms with E-state index in [2.05, 4.69) is 27.4 Å². The molecule has 158 valence electrons. The molecule has 0 aromatic heterocycles. The zero-order valence-electron chi connectivity index (χ0n) is 16.7. The van der Waals surface area contributed by atoms with Crippen LogP contribution in [0.25, 0.3) is 0 Å². The molecular formula is C20H28ClN5O3. The van der Waals surface area contributed by atoms with Crippen LogP contribution in [0.15, 0.2) is 24.3 Å². The lowest BCUT2D eigenvalue weighted by atomic mass is 10.1. The number of hydrogen-bond donors (Lipinski definition) is 2. The van der Waals surface area contributed by atoms with Crippen molar-refractivity contribution in [3.8, 4) is 0 Å². The Morgan fingerprint density at radius 1 is 1.14 bits per heavy atom. The molecule has 2 fully saturated rings. The molecule has 1 unspecified atom stereocenters. The van der Waals surface area contributed by atoms with Gasteiger partial charge < -0.3 is 20.4 Å². The van der Waals surface area contributed by atoms with Crippen LogP contribution in [0, 0.1) is 0 Å². The fourth-order valence-electron chi connectivity index (χ4n) is 3.70. The van der Waals surface area contributed by atoms with E-state index >= 15 is 0 Å². The molecule has 2 aliphatic rings. The van der Waals surface area contributed by atoms with E-state index in [1.165, 1.54) is 4.90 Å². The van der Waals surface area contributed by atoms with Gasteiger partial charge in [-0.1, -0.05) is 30.7 Å². The van der Waals surface area contributed by atoms with Gasteiger partial charge in [-0.2, -0.15) is 0 Å². The van der Waals surface area contributed by atoms with E-state index in [9.17, 15) is 14.4 Å². The van der Waals surface area contributed by atoms with Gasteiger partial charge in [-0.05, 0) is 18.7 Å². The summed E-state index contributed by atoms with van der Waals surface area (Å²) >= 11 is 6.08. The SMILES string of the molecule is CCN1CCN(CC(=O)N2CCNC(=O)C2CC(=O)Nc2ccccc2Cl)CC1. The summed E-state index contributed by atoms with van der Waals surface area (Å²) in [6.07, 6.45) is -0.105. The second-order valence-electron chi connectivity index (χ2n) is 7.34. The summed E-state index contributed by atoms with van der Waals surface area (Å²) in [5.41, 5.74) is 0.488. The lowest BCUT2D eigenvalue weighted by Gasteiger charge is -2.38. The Morgan fingerprint density at radius 2 is 1.83 bits per heavy atom. The summed E-state index contributed by atoms with van der Waals surface area (Å²) in [5.74, 6) is -0.760. The van der Waals surface area contributed by atoms with Gasteiger partial charge in [0.15, 0.2) is 0 Å². The summed E-state index contributed by atoms with van der Waals surface area (Å²) in [6, 6.07) is 6.10. The van der Waals surface area contributed by atoms with Crippen molar-refractivity contribution >= 4 is 35.0 Å². The van der Waals surface area contributed by atoms with Gasteiger partial charge in [0.05, 0.1) is 23.7 Å². The van der Waals surface area contributed by atoms with Crippen LogP contribution in [0.1, 0.15) is 13.3 Å². The van der Waals surface area contributed by atoms with E-state index in [1.54, 1.807) is 24.3 Å². The molecule has 29 heavy (non-hydrogen) atoms. The number of anilines is 1. The number of hydrogen-bond acceptors (Lipinski definition) is 5. The maximum Gasteiger partial charge on any atom is 0.243 e. The molecule has 0 saturated carbocycles. The first-order chi connectivity index (χ1) is 14.0. The normalized spacial score (nSPS) is 21.0. The van der Waals surface area contributed by atoms with Crippen molar-refractivity contribution in [1.82, 2.24) is 20.0 Å². The minimum atomic E-state index is -0.810. The number of para-hydroxylation sites is 1. The lowest BCUT2D eigenvalue weighted by molar-refractivity contribution is -0.145. The molecule has 0 radical (unpaired) electrons. The van der Waals surface area contributed by atoms with Crippen LogP contribution in [-0.4, -0.2) is 90.8 Å². The van der Waals surface area contributed by atoms with Gasteiger partial charge in [0, 0.05) is 39.3 Å². The predicted octanol–water partition coefficient (Wildman–Crippen LogP) is 0.633. The van der Waals surface area contributed by atoms with Crippen molar-refractivity contribution in [2.24, 2.45) is 0 Å². The average molecular weight is 422 g/mol. The van der Waals surface area contributed by atoms with Crippen LogP contribution >= 0.6 is 11.6 Å². The highest BCUT2D eigenvalue weighted by Gasteiger charge is 2.35. The summed E-state index contributed by atoms with van der Waals surface area (Å²) in [4.78, 5) is 43.8. The van der Waals surface area contributed by atoms with Crippen LogP contribution in [0.4, 0.5) is 5.69 Å². The Kier molecular flexibility index (Phi) is 7.46. The van der Waals surface area contributed by atoms with Gasteiger partial charge in [0.1, 0.15) is 6.04 Å². The molecule has 2 saturated heterocycles. The van der Waals surface area contributed by atoms with Gasteiger partial charge >= 0.3 is 0 Å². The first kappa shape index (κ1) is 21.5. The van der Waals surface area contributed by atoms with E-state index in [-0.39, 0.29) is 30.7 Å². The zero-order valence-corrected chi connectivity index (χ0v) is 17.5. The van der Waals surface area contributed by atoms with Crippen LogP contribution in [0.3, 0.4) is 0 Å². The average Bonchev–Trinajstić information content (AvgIpc) is 2.71. The molecule has 3 amide bonds. The van der Waals surface area contributed by atoms with Gasteiger partial charge in [0.2, 0.25) is 17.7 Å². The first-order valence-corrected chi connectivity index (χ1v) is 10.4. The number of benzene rings is 1. The minimum absolute atomic E-state index is 0.105. The molecule has 2 N–H and O–H groups in total. The van der Waals surface area contributed by atoms with Gasteiger partial charge in [-0.3, -0.25) is 19.3 Å². The maximum absolute atomic E-state index is 12.9. The van der Waals surface area contributed by atoms with E-state index in [0.29, 0.717) is 23.8 Å². The molecule has 1 aromatic carbocycles. The number of amides is 3. The smallest absolute Gasteiger partial charge is 0.243 e. The van der Waals surface area contributed by atoms with Crippen molar-refractivity contribution < 1.29 is 14.4 Å². The molecule has 0 aliphatic carbocycles. The fourth-order valence-corrected chi connectivity index (χ4v) is 3.88. The number of carbonyl (C=O) groups is 3. The number of nitrogens with zero attached hydrogens (tertiary/aromatic N) is 3. The van der Waals surface area contributed by atoms with E-state index in [1.807, 2.05) is 0 Å². The molecule has 2 heterocycles. The third-order valence-corrected chi connectivity index (χ3v) is 5.78. The van der Waals surface area contributed by atoms with E-state index in [0.717, 1.165) is 32.7 Å². The molecule has 0 bridgehead atoms. The first-order valence-electron chi connectivity index (χ1n) is 10.0. The number of piperazine rings is 2. The predicted molar refractivity (Wildman–Crippen MR) is 112 cm³/mol. The summed E-state index contributed by atoms with van der Waals surface area (Å²) < 4.78 is 0. The molecule has 3 rings (SSSR count). The monoisotopic (exact) mass is 421 g/mol. The highest BCUT2D eigenvalue weighted by molar-refractivity contribution is 6.33. The third-order valence-electron chi connectivity index (χ3n) is 5.45.